The standard InChI is InChI=1S/C20H20N2O3S/c1-4-11-22-17-12-16(25-3)9-10-18(17)26-20(22)21-19(24)15-7-5-14(6-8-15)13(2)23/h5-10,12H,4,11H2,1-3H3. The normalized spacial score (nSPS) is 11.7. The van der Waals surface area contributed by atoms with Crippen molar-refractivity contribution in [2.24, 2.45) is 4.99 Å². The van der Waals surface area contributed by atoms with Gasteiger partial charge in [-0.15, -0.1) is 0 Å². The fourth-order valence-corrected chi connectivity index (χ4v) is 3.73. The first-order chi connectivity index (χ1) is 12.5. The number of aromatic nitrogens is 1. The largest absolute Gasteiger partial charge is 0.497 e. The van der Waals surface area contributed by atoms with Gasteiger partial charge in [-0.2, -0.15) is 4.99 Å². The average molecular weight is 368 g/mol. The van der Waals surface area contributed by atoms with Crippen LogP contribution in [0.25, 0.3) is 10.2 Å². The van der Waals surface area contributed by atoms with Crippen LogP contribution in [-0.2, 0) is 6.54 Å². The van der Waals surface area contributed by atoms with Crippen molar-refractivity contribution in [2.75, 3.05) is 7.11 Å². The number of ketones is 1. The lowest BCUT2D eigenvalue weighted by Crippen LogP contribution is -2.17. The Morgan fingerprint density at radius 3 is 2.42 bits per heavy atom. The smallest absolute Gasteiger partial charge is 0.279 e. The first kappa shape index (κ1) is 18.1. The topological polar surface area (TPSA) is 60.7 Å². The molecule has 0 spiro atoms. The monoisotopic (exact) mass is 368 g/mol. The first-order valence-corrected chi connectivity index (χ1v) is 9.22. The van der Waals surface area contributed by atoms with E-state index in [0.717, 1.165) is 28.9 Å². The van der Waals surface area contributed by atoms with E-state index in [1.807, 2.05) is 22.8 Å². The van der Waals surface area contributed by atoms with E-state index in [-0.39, 0.29) is 11.7 Å². The van der Waals surface area contributed by atoms with Gasteiger partial charge in [0.1, 0.15) is 5.75 Å². The minimum atomic E-state index is -0.316. The molecule has 1 heterocycles. The zero-order valence-corrected chi connectivity index (χ0v) is 15.8. The fraction of sp³-hybridized carbons (Fsp3) is 0.250. The second kappa shape index (κ2) is 7.66. The summed E-state index contributed by atoms with van der Waals surface area (Å²) >= 11 is 1.48. The summed E-state index contributed by atoms with van der Waals surface area (Å²) in [5, 5.41) is 0. The molecule has 3 aromatic rings. The van der Waals surface area contributed by atoms with E-state index < -0.39 is 0 Å². The average Bonchev–Trinajstić information content (AvgIpc) is 2.98. The van der Waals surface area contributed by atoms with Crippen molar-refractivity contribution >= 4 is 33.2 Å². The molecule has 3 rings (SSSR count). The highest BCUT2D eigenvalue weighted by Gasteiger charge is 2.10. The van der Waals surface area contributed by atoms with Gasteiger partial charge in [0.15, 0.2) is 10.6 Å². The number of carbonyl (C=O) groups is 2. The quantitative estimate of drug-likeness (QED) is 0.638. The number of hydrogen-bond acceptors (Lipinski definition) is 4. The second-order valence-corrected chi connectivity index (χ2v) is 6.93. The molecule has 0 N–H and O–H groups in total. The summed E-state index contributed by atoms with van der Waals surface area (Å²) in [4.78, 5) is 28.9. The minimum Gasteiger partial charge on any atom is -0.497 e. The van der Waals surface area contributed by atoms with E-state index in [1.165, 1.54) is 18.3 Å². The van der Waals surface area contributed by atoms with Crippen LogP contribution in [0.15, 0.2) is 47.5 Å². The molecule has 134 valence electrons. The summed E-state index contributed by atoms with van der Waals surface area (Å²) in [6, 6.07) is 12.4. The number of methoxy groups -OCH3 is 1. The van der Waals surface area contributed by atoms with E-state index >= 15 is 0 Å². The van der Waals surface area contributed by atoms with Crippen molar-refractivity contribution in [3.63, 3.8) is 0 Å². The number of rotatable bonds is 5. The highest BCUT2D eigenvalue weighted by atomic mass is 32.1. The van der Waals surface area contributed by atoms with Crippen molar-refractivity contribution in [3.05, 3.63) is 58.4 Å². The molecule has 26 heavy (non-hydrogen) atoms. The van der Waals surface area contributed by atoms with E-state index in [9.17, 15) is 9.59 Å². The number of nitrogens with zero attached hydrogens (tertiary/aromatic N) is 2. The molecule has 0 aliphatic heterocycles. The maximum atomic E-state index is 12.6. The molecule has 6 heteroatoms. The summed E-state index contributed by atoms with van der Waals surface area (Å²) in [5.41, 5.74) is 2.05. The molecule has 2 aromatic carbocycles. The van der Waals surface area contributed by atoms with Crippen molar-refractivity contribution in [2.45, 2.75) is 26.8 Å². The Bertz CT molecular complexity index is 1030. The maximum Gasteiger partial charge on any atom is 0.279 e. The Balaban J connectivity index is 2.06. The van der Waals surface area contributed by atoms with Crippen LogP contribution in [0.2, 0.25) is 0 Å². The summed E-state index contributed by atoms with van der Waals surface area (Å²) < 4.78 is 8.41. The number of Topliss-reactive ketones (excluding diaryl/α,β-unsaturated/α-hetero) is 1. The van der Waals surface area contributed by atoms with Gasteiger partial charge in [-0.25, -0.2) is 0 Å². The lowest BCUT2D eigenvalue weighted by atomic mass is 10.1. The highest BCUT2D eigenvalue weighted by Crippen LogP contribution is 2.23. The molecule has 0 fully saturated rings. The van der Waals surface area contributed by atoms with Gasteiger partial charge in [-0.3, -0.25) is 9.59 Å². The third kappa shape index (κ3) is 3.60. The Morgan fingerprint density at radius 2 is 1.81 bits per heavy atom. The lowest BCUT2D eigenvalue weighted by molar-refractivity contribution is 0.0991. The number of hydrogen-bond donors (Lipinski definition) is 0. The van der Waals surface area contributed by atoms with Gasteiger partial charge in [0.25, 0.3) is 5.91 Å². The van der Waals surface area contributed by atoms with Gasteiger partial charge in [-0.1, -0.05) is 30.4 Å². The Labute approximate surface area is 155 Å². The third-order valence-corrected chi connectivity index (χ3v) is 5.13. The first-order valence-electron chi connectivity index (χ1n) is 8.41. The predicted octanol–water partition coefficient (Wildman–Crippen LogP) is 4.07. The van der Waals surface area contributed by atoms with Crippen LogP contribution in [0.3, 0.4) is 0 Å². The van der Waals surface area contributed by atoms with Gasteiger partial charge in [0.2, 0.25) is 0 Å². The lowest BCUT2D eigenvalue weighted by Gasteiger charge is -2.04. The zero-order chi connectivity index (χ0) is 18.7. The van der Waals surface area contributed by atoms with Crippen LogP contribution in [0.4, 0.5) is 0 Å². The van der Waals surface area contributed by atoms with Crippen LogP contribution < -0.4 is 9.54 Å². The maximum absolute atomic E-state index is 12.6. The molecule has 5 nitrogen and oxygen atoms in total. The van der Waals surface area contributed by atoms with Crippen molar-refractivity contribution in [3.8, 4) is 5.75 Å². The molecule has 0 aliphatic carbocycles. The number of aryl methyl sites for hydroxylation is 1. The molecular formula is C20H20N2O3S. The Hall–Kier alpha value is -2.73. The van der Waals surface area contributed by atoms with E-state index in [1.54, 1.807) is 31.4 Å². The Morgan fingerprint density at radius 1 is 1.12 bits per heavy atom. The minimum absolute atomic E-state index is 0.0276. The SMILES string of the molecule is CCCn1c(=NC(=O)c2ccc(C(C)=O)cc2)sc2ccc(OC)cc21. The van der Waals surface area contributed by atoms with Crippen molar-refractivity contribution in [1.82, 2.24) is 4.57 Å². The van der Waals surface area contributed by atoms with Gasteiger partial charge < -0.3 is 9.30 Å². The van der Waals surface area contributed by atoms with Crippen LogP contribution in [0.5, 0.6) is 5.75 Å². The summed E-state index contributed by atoms with van der Waals surface area (Å²) in [7, 11) is 1.64. The van der Waals surface area contributed by atoms with E-state index in [4.69, 9.17) is 4.74 Å². The predicted molar refractivity (Wildman–Crippen MR) is 103 cm³/mol. The molecule has 1 amide bonds. The molecule has 0 saturated heterocycles. The van der Waals surface area contributed by atoms with Gasteiger partial charge in [0.05, 0.1) is 17.3 Å². The molecule has 0 saturated carbocycles. The highest BCUT2D eigenvalue weighted by molar-refractivity contribution is 7.16. The van der Waals surface area contributed by atoms with E-state index in [0.29, 0.717) is 15.9 Å². The summed E-state index contributed by atoms with van der Waals surface area (Å²) in [6.07, 6.45) is 0.928. The van der Waals surface area contributed by atoms with E-state index in [2.05, 4.69) is 11.9 Å². The van der Waals surface area contributed by atoms with Gasteiger partial charge in [-0.05, 0) is 37.6 Å². The molecule has 0 atom stereocenters. The number of carbonyl (C=O) groups excluding carboxylic acids is 2. The third-order valence-electron chi connectivity index (χ3n) is 4.07. The summed E-state index contributed by atoms with van der Waals surface area (Å²) in [6.45, 7) is 4.35. The zero-order valence-electron chi connectivity index (χ0n) is 15.0. The summed E-state index contributed by atoms with van der Waals surface area (Å²) in [5.74, 6) is 0.432. The van der Waals surface area contributed by atoms with Crippen LogP contribution >= 0.6 is 11.3 Å². The Kier molecular flexibility index (Phi) is 5.32. The molecular weight excluding hydrogens is 348 g/mol. The van der Waals surface area contributed by atoms with Crippen LogP contribution in [-0.4, -0.2) is 23.4 Å². The number of fused-ring (bicyclic) bond motifs is 1. The van der Waals surface area contributed by atoms with Crippen LogP contribution in [0, 0.1) is 0 Å². The van der Waals surface area contributed by atoms with Crippen molar-refractivity contribution < 1.29 is 14.3 Å². The molecule has 0 bridgehead atoms. The second-order valence-electron chi connectivity index (χ2n) is 5.92. The molecule has 0 unspecified atom stereocenters. The fourth-order valence-electron chi connectivity index (χ4n) is 2.70. The molecule has 0 radical (unpaired) electrons. The number of amides is 1. The molecule has 0 aliphatic rings. The van der Waals surface area contributed by atoms with Gasteiger partial charge in [0, 0.05) is 23.7 Å². The van der Waals surface area contributed by atoms with Gasteiger partial charge >= 0.3 is 0 Å². The van der Waals surface area contributed by atoms with Crippen molar-refractivity contribution in [1.29, 1.82) is 0 Å². The van der Waals surface area contributed by atoms with Crippen LogP contribution in [0.1, 0.15) is 41.0 Å². The number of ether oxygens (including phenoxy) is 1. The number of benzene rings is 2. The number of thiazole rings is 1. The molecule has 1 aromatic heterocycles.